The fraction of sp³-hybridized carbons (Fsp3) is 0.765. The molecule has 0 aliphatic carbocycles. The Bertz CT molecular complexity index is 422. The monoisotopic (exact) mass is 372 g/mol. The minimum absolute atomic E-state index is 0.249. The highest BCUT2D eigenvalue weighted by Gasteiger charge is 2.43. The van der Waals surface area contributed by atoms with Gasteiger partial charge in [-0.05, 0) is 79.1 Å². The van der Waals surface area contributed by atoms with Gasteiger partial charge >= 0.3 is 0 Å². The van der Waals surface area contributed by atoms with Crippen molar-refractivity contribution in [2.75, 3.05) is 19.6 Å². The largest absolute Gasteiger partial charge is 0.308 e. The predicted octanol–water partition coefficient (Wildman–Crippen LogP) is 5.21. The Morgan fingerprint density at radius 2 is 1.95 bits per heavy atom. The van der Waals surface area contributed by atoms with Gasteiger partial charge in [0, 0.05) is 14.9 Å². The van der Waals surface area contributed by atoms with Gasteiger partial charge in [-0.2, -0.15) is 0 Å². The second-order valence-corrected chi connectivity index (χ2v) is 7.83. The van der Waals surface area contributed by atoms with Crippen molar-refractivity contribution in [1.29, 1.82) is 0 Å². The summed E-state index contributed by atoms with van der Waals surface area (Å²) in [7, 11) is 0. The van der Waals surface area contributed by atoms with E-state index in [0.29, 0.717) is 6.04 Å². The van der Waals surface area contributed by atoms with Crippen LogP contribution in [0.1, 0.15) is 63.8 Å². The summed E-state index contributed by atoms with van der Waals surface area (Å²) in [6.45, 7) is 10.6. The first kappa shape index (κ1) is 17.5. The minimum Gasteiger partial charge on any atom is -0.308 e. The molecule has 1 saturated heterocycles. The molecule has 1 aromatic rings. The lowest BCUT2D eigenvalue weighted by molar-refractivity contribution is 0.0627. The third-order valence-electron chi connectivity index (χ3n) is 5.00. The van der Waals surface area contributed by atoms with Gasteiger partial charge < -0.3 is 5.32 Å². The van der Waals surface area contributed by atoms with Gasteiger partial charge in [0.15, 0.2) is 0 Å². The van der Waals surface area contributed by atoms with Crippen molar-refractivity contribution in [1.82, 2.24) is 10.2 Å². The number of nitrogens with zero attached hydrogens (tertiary/aromatic N) is 1. The third-order valence-corrected chi connectivity index (χ3v) is 6.94. The summed E-state index contributed by atoms with van der Waals surface area (Å²) >= 11 is 5.66. The molecule has 1 fully saturated rings. The molecular weight excluding hydrogens is 344 g/mol. The van der Waals surface area contributed by atoms with Crippen LogP contribution < -0.4 is 5.32 Å². The average Bonchev–Trinajstić information content (AvgIpc) is 3.16. The second-order valence-electron chi connectivity index (χ2n) is 6.02. The molecule has 0 radical (unpaired) electrons. The maximum atomic E-state index is 3.87. The fourth-order valence-corrected chi connectivity index (χ4v) is 5.56. The molecule has 1 aliphatic heterocycles. The normalized spacial score (nSPS) is 18.3. The zero-order valence-electron chi connectivity index (χ0n) is 13.6. The first-order valence-electron chi connectivity index (χ1n) is 8.40. The number of halogens is 1. The molecule has 0 spiro atoms. The van der Waals surface area contributed by atoms with Crippen LogP contribution in [0.15, 0.2) is 15.9 Å². The molecule has 1 N–H and O–H groups in total. The lowest BCUT2D eigenvalue weighted by Crippen LogP contribution is -2.55. The number of thiophene rings is 1. The minimum atomic E-state index is 0.249. The summed E-state index contributed by atoms with van der Waals surface area (Å²) in [6, 6.07) is 2.63. The molecule has 0 saturated carbocycles. The van der Waals surface area contributed by atoms with E-state index in [0.717, 1.165) is 6.54 Å². The molecule has 4 heteroatoms. The molecule has 0 aromatic carbocycles. The zero-order valence-corrected chi connectivity index (χ0v) is 16.0. The van der Waals surface area contributed by atoms with Crippen LogP contribution in [0, 0.1) is 0 Å². The summed E-state index contributed by atoms with van der Waals surface area (Å²) in [5, 5.41) is 6.08. The quantitative estimate of drug-likeness (QED) is 0.673. The summed E-state index contributed by atoms with van der Waals surface area (Å²) in [5.74, 6) is 0. The predicted molar refractivity (Wildman–Crippen MR) is 97.2 cm³/mol. The molecule has 21 heavy (non-hydrogen) atoms. The van der Waals surface area contributed by atoms with Crippen LogP contribution >= 0.6 is 27.3 Å². The van der Waals surface area contributed by atoms with Crippen LogP contribution in [0.3, 0.4) is 0 Å². The van der Waals surface area contributed by atoms with Gasteiger partial charge in [0.2, 0.25) is 0 Å². The molecule has 2 rings (SSSR count). The number of hydrogen-bond acceptors (Lipinski definition) is 3. The van der Waals surface area contributed by atoms with Gasteiger partial charge in [-0.25, -0.2) is 0 Å². The van der Waals surface area contributed by atoms with Gasteiger partial charge in [0.25, 0.3) is 0 Å². The van der Waals surface area contributed by atoms with Crippen molar-refractivity contribution in [2.45, 2.75) is 64.5 Å². The van der Waals surface area contributed by atoms with Crippen LogP contribution in [0.5, 0.6) is 0 Å². The first-order valence-corrected chi connectivity index (χ1v) is 10.1. The lowest BCUT2D eigenvalue weighted by Gasteiger charge is -2.47. The Labute approximate surface area is 142 Å². The zero-order chi connectivity index (χ0) is 15.3. The second kappa shape index (κ2) is 8.09. The van der Waals surface area contributed by atoms with Crippen molar-refractivity contribution in [2.24, 2.45) is 0 Å². The number of nitrogens with one attached hydrogen (secondary N) is 1. The highest BCUT2D eigenvalue weighted by Crippen LogP contribution is 2.43. The van der Waals surface area contributed by atoms with E-state index in [1.165, 1.54) is 54.5 Å². The maximum absolute atomic E-state index is 3.87. The topological polar surface area (TPSA) is 15.3 Å². The molecular formula is C17H29BrN2S. The summed E-state index contributed by atoms with van der Waals surface area (Å²) < 4.78 is 1.27. The van der Waals surface area contributed by atoms with Gasteiger partial charge in [0.1, 0.15) is 0 Å². The Morgan fingerprint density at radius 1 is 1.29 bits per heavy atom. The standard InChI is InChI=1S/C17H29BrN2S/c1-4-10-19-16(15-14(18)9-13-21-15)17(5-2,6-3)20-11-7-8-12-20/h9,13,16,19H,4-8,10-12H2,1-3H3. The van der Waals surface area contributed by atoms with Gasteiger partial charge in [-0.3, -0.25) is 4.90 Å². The lowest BCUT2D eigenvalue weighted by atomic mass is 9.81. The third kappa shape index (κ3) is 3.54. The van der Waals surface area contributed by atoms with Crippen molar-refractivity contribution in [3.8, 4) is 0 Å². The highest BCUT2D eigenvalue weighted by atomic mass is 79.9. The molecule has 1 aromatic heterocycles. The first-order chi connectivity index (χ1) is 10.2. The summed E-state index contributed by atoms with van der Waals surface area (Å²) in [6.07, 6.45) is 6.30. The van der Waals surface area contributed by atoms with E-state index in [1.54, 1.807) is 0 Å². The van der Waals surface area contributed by atoms with Gasteiger partial charge in [-0.1, -0.05) is 20.8 Å². The molecule has 1 aliphatic rings. The molecule has 0 amide bonds. The summed E-state index contributed by atoms with van der Waals surface area (Å²) in [4.78, 5) is 4.23. The van der Waals surface area contributed by atoms with E-state index in [1.807, 2.05) is 11.3 Å². The number of likely N-dealkylation sites (tertiary alicyclic amines) is 1. The number of rotatable bonds is 8. The average molecular weight is 373 g/mol. The van der Waals surface area contributed by atoms with Crippen molar-refractivity contribution >= 4 is 27.3 Å². The van der Waals surface area contributed by atoms with Crippen LogP contribution in [0.4, 0.5) is 0 Å². The smallest absolute Gasteiger partial charge is 0.0613 e. The Kier molecular flexibility index (Phi) is 6.73. The Balaban J connectivity index is 2.36. The fourth-order valence-electron chi connectivity index (χ4n) is 3.78. The van der Waals surface area contributed by atoms with Crippen molar-refractivity contribution in [3.05, 3.63) is 20.8 Å². The van der Waals surface area contributed by atoms with E-state index in [9.17, 15) is 0 Å². The summed E-state index contributed by atoms with van der Waals surface area (Å²) in [5.41, 5.74) is 0.249. The molecule has 2 heterocycles. The molecule has 2 nitrogen and oxygen atoms in total. The van der Waals surface area contributed by atoms with E-state index >= 15 is 0 Å². The molecule has 1 atom stereocenters. The highest BCUT2D eigenvalue weighted by molar-refractivity contribution is 9.10. The van der Waals surface area contributed by atoms with Crippen LogP contribution in [0.25, 0.3) is 0 Å². The molecule has 0 bridgehead atoms. The Hall–Kier alpha value is 0.1000. The van der Waals surface area contributed by atoms with Gasteiger partial charge in [-0.15, -0.1) is 11.3 Å². The maximum Gasteiger partial charge on any atom is 0.0613 e. The molecule has 120 valence electrons. The van der Waals surface area contributed by atoms with Crippen molar-refractivity contribution in [3.63, 3.8) is 0 Å². The van der Waals surface area contributed by atoms with Crippen molar-refractivity contribution < 1.29 is 0 Å². The van der Waals surface area contributed by atoms with Crippen LogP contribution in [-0.4, -0.2) is 30.1 Å². The van der Waals surface area contributed by atoms with E-state index in [2.05, 4.69) is 58.4 Å². The van der Waals surface area contributed by atoms with Crippen LogP contribution in [-0.2, 0) is 0 Å². The van der Waals surface area contributed by atoms with E-state index in [4.69, 9.17) is 0 Å². The molecule has 1 unspecified atom stereocenters. The van der Waals surface area contributed by atoms with E-state index in [-0.39, 0.29) is 5.54 Å². The van der Waals surface area contributed by atoms with E-state index < -0.39 is 0 Å². The van der Waals surface area contributed by atoms with Crippen LogP contribution in [0.2, 0.25) is 0 Å². The Morgan fingerprint density at radius 3 is 2.43 bits per heavy atom. The SMILES string of the molecule is CCCNC(c1sccc1Br)C(CC)(CC)N1CCCC1. The van der Waals surface area contributed by atoms with Gasteiger partial charge in [0.05, 0.1) is 6.04 Å². The number of hydrogen-bond donors (Lipinski definition) is 1.